The van der Waals surface area contributed by atoms with Crippen molar-refractivity contribution in [3.05, 3.63) is 71.7 Å². The summed E-state index contributed by atoms with van der Waals surface area (Å²) in [6, 6.07) is 17.9. The number of anilines is 1. The first-order chi connectivity index (χ1) is 16.1. The van der Waals surface area contributed by atoms with Gasteiger partial charge in [0.2, 0.25) is 0 Å². The minimum Gasteiger partial charge on any atom is -0.356 e. The molecule has 1 fully saturated rings. The minimum absolute atomic E-state index is 0.158. The van der Waals surface area contributed by atoms with Gasteiger partial charge in [0.25, 0.3) is 5.91 Å². The Morgan fingerprint density at radius 3 is 2.58 bits per heavy atom. The predicted octanol–water partition coefficient (Wildman–Crippen LogP) is 3.59. The van der Waals surface area contributed by atoms with Crippen LogP contribution in [0.4, 0.5) is 5.82 Å². The SMILES string of the molecule is Cc1nn(-c2ccccc2)c(N2CCCC2)c1/C=N/NC(=O)Cn1c(C)nc2ccccc21. The summed E-state index contributed by atoms with van der Waals surface area (Å²) in [5.41, 5.74) is 7.30. The Morgan fingerprint density at radius 2 is 1.79 bits per heavy atom. The number of carbonyl (C=O) groups is 1. The lowest BCUT2D eigenvalue weighted by Gasteiger charge is -2.20. The van der Waals surface area contributed by atoms with Gasteiger partial charge in [0.15, 0.2) is 0 Å². The molecule has 1 amide bonds. The summed E-state index contributed by atoms with van der Waals surface area (Å²) in [6.07, 6.45) is 4.03. The van der Waals surface area contributed by atoms with E-state index in [9.17, 15) is 4.79 Å². The van der Waals surface area contributed by atoms with Gasteiger partial charge in [-0.15, -0.1) is 0 Å². The van der Waals surface area contributed by atoms with Crippen LogP contribution in [0, 0.1) is 13.8 Å². The molecular weight excluding hydrogens is 414 g/mol. The Balaban J connectivity index is 1.38. The topological polar surface area (TPSA) is 80.3 Å². The first-order valence-corrected chi connectivity index (χ1v) is 11.3. The molecule has 5 rings (SSSR count). The van der Waals surface area contributed by atoms with Gasteiger partial charge in [-0.1, -0.05) is 30.3 Å². The fraction of sp³-hybridized carbons (Fsp3) is 0.280. The Labute approximate surface area is 192 Å². The Morgan fingerprint density at radius 1 is 1.06 bits per heavy atom. The molecule has 33 heavy (non-hydrogen) atoms. The zero-order valence-electron chi connectivity index (χ0n) is 18.9. The lowest BCUT2D eigenvalue weighted by molar-refractivity contribution is -0.121. The van der Waals surface area contributed by atoms with E-state index in [4.69, 9.17) is 5.10 Å². The normalized spacial score (nSPS) is 13.9. The molecule has 1 aliphatic heterocycles. The minimum atomic E-state index is -0.201. The fourth-order valence-corrected chi connectivity index (χ4v) is 4.40. The van der Waals surface area contributed by atoms with E-state index in [1.807, 2.05) is 77.7 Å². The molecule has 0 saturated carbocycles. The molecule has 4 aromatic rings. The van der Waals surface area contributed by atoms with Crippen LogP contribution in [0.1, 0.15) is 29.9 Å². The zero-order chi connectivity index (χ0) is 22.8. The number of rotatable bonds is 6. The van der Waals surface area contributed by atoms with E-state index in [0.29, 0.717) is 0 Å². The van der Waals surface area contributed by atoms with Gasteiger partial charge in [0, 0.05) is 13.1 Å². The van der Waals surface area contributed by atoms with Gasteiger partial charge in [-0.3, -0.25) is 4.79 Å². The van der Waals surface area contributed by atoms with E-state index in [2.05, 4.69) is 20.4 Å². The molecule has 1 aliphatic rings. The number of benzene rings is 2. The van der Waals surface area contributed by atoms with Crippen LogP contribution in [0.3, 0.4) is 0 Å². The first-order valence-electron chi connectivity index (χ1n) is 11.3. The van der Waals surface area contributed by atoms with Crippen LogP contribution in [0.15, 0.2) is 59.7 Å². The van der Waals surface area contributed by atoms with Crippen LogP contribution in [-0.2, 0) is 11.3 Å². The van der Waals surface area contributed by atoms with Gasteiger partial charge >= 0.3 is 0 Å². The number of amides is 1. The van der Waals surface area contributed by atoms with Crippen LogP contribution in [0.5, 0.6) is 0 Å². The number of hydrogen-bond acceptors (Lipinski definition) is 5. The monoisotopic (exact) mass is 441 g/mol. The van der Waals surface area contributed by atoms with Gasteiger partial charge in [-0.25, -0.2) is 15.1 Å². The summed E-state index contributed by atoms with van der Waals surface area (Å²) in [7, 11) is 0. The first kappa shape index (κ1) is 20.9. The molecule has 2 aromatic carbocycles. The third kappa shape index (κ3) is 4.11. The van der Waals surface area contributed by atoms with Gasteiger partial charge in [-0.05, 0) is 51.0 Å². The zero-order valence-corrected chi connectivity index (χ0v) is 18.9. The molecule has 0 spiro atoms. The maximum absolute atomic E-state index is 12.6. The maximum atomic E-state index is 12.6. The number of hydrogen-bond donors (Lipinski definition) is 1. The van der Waals surface area contributed by atoms with Crippen molar-refractivity contribution in [1.82, 2.24) is 24.8 Å². The summed E-state index contributed by atoms with van der Waals surface area (Å²) >= 11 is 0. The number of carbonyl (C=O) groups excluding carboxylic acids is 1. The highest BCUT2D eigenvalue weighted by atomic mass is 16.2. The molecule has 0 bridgehead atoms. The largest absolute Gasteiger partial charge is 0.356 e. The van der Waals surface area contributed by atoms with Crippen LogP contribution < -0.4 is 10.3 Å². The molecule has 0 aliphatic carbocycles. The van der Waals surface area contributed by atoms with E-state index in [0.717, 1.165) is 65.6 Å². The van der Waals surface area contributed by atoms with Crippen molar-refractivity contribution < 1.29 is 4.79 Å². The van der Waals surface area contributed by atoms with Gasteiger partial charge in [-0.2, -0.15) is 10.2 Å². The second-order valence-corrected chi connectivity index (χ2v) is 8.29. The molecule has 8 nitrogen and oxygen atoms in total. The molecule has 1 N–H and O–H groups in total. The molecule has 8 heteroatoms. The van der Waals surface area contributed by atoms with E-state index in [1.165, 1.54) is 0 Å². The number of nitrogens with one attached hydrogen (secondary N) is 1. The highest BCUT2D eigenvalue weighted by molar-refractivity contribution is 5.90. The van der Waals surface area contributed by atoms with Crippen LogP contribution in [0.25, 0.3) is 16.7 Å². The average Bonchev–Trinajstić information content (AvgIpc) is 3.53. The maximum Gasteiger partial charge on any atom is 0.260 e. The van der Waals surface area contributed by atoms with E-state index < -0.39 is 0 Å². The van der Waals surface area contributed by atoms with Crippen LogP contribution in [0.2, 0.25) is 0 Å². The molecule has 0 radical (unpaired) electrons. The number of fused-ring (bicyclic) bond motifs is 1. The van der Waals surface area contributed by atoms with Crippen molar-refractivity contribution in [2.45, 2.75) is 33.2 Å². The highest BCUT2D eigenvalue weighted by Crippen LogP contribution is 2.29. The van der Waals surface area contributed by atoms with Crippen molar-refractivity contribution in [3.63, 3.8) is 0 Å². The van der Waals surface area contributed by atoms with Gasteiger partial charge in [0.1, 0.15) is 18.2 Å². The highest BCUT2D eigenvalue weighted by Gasteiger charge is 2.23. The van der Waals surface area contributed by atoms with E-state index in [1.54, 1.807) is 6.21 Å². The number of aromatic nitrogens is 4. The lowest BCUT2D eigenvalue weighted by atomic mass is 10.2. The third-order valence-electron chi connectivity index (χ3n) is 6.02. The molecule has 0 atom stereocenters. The summed E-state index contributed by atoms with van der Waals surface area (Å²) < 4.78 is 3.87. The van der Waals surface area contributed by atoms with Crippen molar-refractivity contribution in [3.8, 4) is 5.69 Å². The second-order valence-electron chi connectivity index (χ2n) is 8.29. The van der Waals surface area contributed by atoms with Crippen LogP contribution >= 0.6 is 0 Å². The fourth-order valence-electron chi connectivity index (χ4n) is 4.40. The van der Waals surface area contributed by atoms with Gasteiger partial charge < -0.3 is 9.47 Å². The predicted molar refractivity (Wildman–Crippen MR) is 130 cm³/mol. The summed E-state index contributed by atoms with van der Waals surface area (Å²) in [4.78, 5) is 19.5. The van der Waals surface area contributed by atoms with Crippen LogP contribution in [-0.4, -0.2) is 44.5 Å². The standard InChI is InChI=1S/C25H27N7O/c1-18-21(25(30-14-8-9-15-30)32(29-18)20-10-4-3-5-11-20)16-26-28-24(33)17-31-19(2)27-22-12-6-7-13-23(22)31/h3-7,10-13,16H,8-9,14-15,17H2,1-2H3,(H,28,33)/b26-16+. The number of imidazole rings is 1. The van der Waals surface area contributed by atoms with Crippen molar-refractivity contribution in [1.29, 1.82) is 0 Å². The van der Waals surface area contributed by atoms with Crippen molar-refractivity contribution >= 4 is 29.0 Å². The number of aryl methyl sites for hydroxylation is 2. The quantitative estimate of drug-likeness (QED) is 0.366. The lowest BCUT2D eigenvalue weighted by Crippen LogP contribution is -2.24. The smallest absolute Gasteiger partial charge is 0.260 e. The molecule has 0 unspecified atom stereocenters. The van der Waals surface area contributed by atoms with E-state index in [-0.39, 0.29) is 12.5 Å². The Kier molecular flexibility index (Phi) is 5.64. The molecular formula is C25H27N7O. The van der Waals surface area contributed by atoms with E-state index >= 15 is 0 Å². The molecule has 1 saturated heterocycles. The third-order valence-corrected chi connectivity index (χ3v) is 6.02. The summed E-state index contributed by atoms with van der Waals surface area (Å²) in [5, 5.41) is 9.08. The second kappa shape index (κ2) is 8.90. The molecule has 3 heterocycles. The van der Waals surface area contributed by atoms with Crippen molar-refractivity contribution in [2.24, 2.45) is 5.10 Å². The van der Waals surface area contributed by atoms with Crippen molar-refractivity contribution in [2.75, 3.05) is 18.0 Å². The Hall–Kier alpha value is -3.94. The Bertz CT molecular complexity index is 1310. The molecule has 2 aromatic heterocycles. The summed E-state index contributed by atoms with van der Waals surface area (Å²) in [6.45, 7) is 6.00. The van der Waals surface area contributed by atoms with Gasteiger partial charge in [0.05, 0.1) is 34.2 Å². The number of nitrogens with zero attached hydrogens (tertiary/aromatic N) is 6. The number of hydrazone groups is 1. The molecule has 168 valence electrons. The summed E-state index contributed by atoms with van der Waals surface area (Å²) in [5.74, 6) is 1.62. The number of para-hydroxylation sites is 3. The average molecular weight is 442 g/mol.